The Bertz CT molecular complexity index is 1070. The summed E-state index contributed by atoms with van der Waals surface area (Å²) in [7, 11) is 0. The van der Waals surface area contributed by atoms with Crippen LogP contribution in [0.4, 0.5) is 15.8 Å². The highest BCUT2D eigenvalue weighted by atomic mass is 19.1. The minimum Gasteiger partial charge on any atom is -0.460 e. The summed E-state index contributed by atoms with van der Waals surface area (Å²) in [5.41, 5.74) is 6.92. The van der Waals surface area contributed by atoms with Gasteiger partial charge in [0, 0.05) is 44.0 Å². The molecule has 0 saturated carbocycles. The summed E-state index contributed by atoms with van der Waals surface area (Å²) in [6.45, 7) is 2.94. The van der Waals surface area contributed by atoms with Crippen LogP contribution in [0.15, 0.2) is 41.3 Å². The maximum atomic E-state index is 15.1. The SMILES string of the molecule is N=C(N)CC(=O)OCc1cccc(N2CCC(OC3CCN(c4ccc(=O)[nH]c4)CC3)CC2)c1F. The van der Waals surface area contributed by atoms with Gasteiger partial charge >= 0.3 is 5.97 Å². The van der Waals surface area contributed by atoms with Crippen LogP contribution >= 0.6 is 0 Å². The molecule has 0 unspecified atom stereocenters. The summed E-state index contributed by atoms with van der Waals surface area (Å²) in [6, 6.07) is 8.48. The second-order valence-electron chi connectivity index (χ2n) is 9.03. The van der Waals surface area contributed by atoms with E-state index in [0.29, 0.717) is 24.3 Å². The first-order chi connectivity index (χ1) is 16.9. The Hall–Kier alpha value is -3.40. The van der Waals surface area contributed by atoms with Gasteiger partial charge in [0.1, 0.15) is 18.9 Å². The molecule has 2 fully saturated rings. The molecule has 2 saturated heterocycles. The van der Waals surface area contributed by atoms with Crippen LogP contribution in [0.5, 0.6) is 0 Å². The van der Waals surface area contributed by atoms with Crippen LogP contribution in [0.1, 0.15) is 37.7 Å². The molecule has 0 aliphatic carbocycles. The van der Waals surface area contributed by atoms with Gasteiger partial charge in [0.2, 0.25) is 5.56 Å². The number of pyridine rings is 1. The number of nitrogens with two attached hydrogens (primary N) is 1. The van der Waals surface area contributed by atoms with E-state index in [1.807, 2.05) is 11.0 Å². The molecule has 0 atom stereocenters. The third kappa shape index (κ3) is 6.60. The number of nitrogens with zero attached hydrogens (tertiary/aromatic N) is 2. The summed E-state index contributed by atoms with van der Waals surface area (Å²) in [5, 5.41) is 7.14. The van der Waals surface area contributed by atoms with Crippen LogP contribution < -0.4 is 21.1 Å². The third-order valence-electron chi connectivity index (χ3n) is 6.52. The van der Waals surface area contributed by atoms with E-state index in [9.17, 15) is 9.59 Å². The zero-order chi connectivity index (χ0) is 24.8. The highest BCUT2D eigenvalue weighted by molar-refractivity contribution is 5.94. The molecule has 0 spiro atoms. The van der Waals surface area contributed by atoms with E-state index in [-0.39, 0.29) is 36.6 Å². The number of halogens is 1. The quantitative estimate of drug-likeness (QED) is 0.298. The summed E-state index contributed by atoms with van der Waals surface area (Å²) < 4.78 is 26.5. The van der Waals surface area contributed by atoms with Crippen molar-refractivity contribution in [3.63, 3.8) is 0 Å². The molecule has 35 heavy (non-hydrogen) atoms. The Kier molecular flexibility index (Phi) is 8.02. The monoisotopic (exact) mass is 485 g/mol. The number of benzene rings is 1. The van der Waals surface area contributed by atoms with Crippen molar-refractivity contribution in [3.8, 4) is 0 Å². The fourth-order valence-electron chi connectivity index (χ4n) is 4.64. The first-order valence-corrected chi connectivity index (χ1v) is 12.0. The van der Waals surface area contributed by atoms with Gasteiger partial charge < -0.3 is 30.0 Å². The summed E-state index contributed by atoms with van der Waals surface area (Å²) >= 11 is 0. The van der Waals surface area contributed by atoms with Gasteiger partial charge in [-0.25, -0.2) is 4.39 Å². The number of carbonyl (C=O) groups excluding carboxylic acids is 1. The fourth-order valence-corrected chi connectivity index (χ4v) is 4.64. The van der Waals surface area contributed by atoms with Gasteiger partial charge in [0.05, 0.1) is 23.6 Å². The van der Waals surface area contributed by atoms with Gasteiger partial charge in [0.15, 0.2) is 5.82 Å². The summed E-state index contributed by atoms with van der Waals surface area (Å²) in [4.78, 5) is 29.9. The molecule has 188 valence electrons. The van der Waals surface area contributed by atoms with Crippen LogP contribution in [0.25, 0.3) is 0 Å². The van der Waals surface area contributed by atoms with Crippen molar-refractivity contribution in [2.24, 2.45) is 5.73 Å². The molecular formula is C25H32FN5O4. The number of hydrogen-bond donors (Lipinski definition) is 3. The van der Waals surface area contributed by atoms with Crippen LogP contribution in [0.3, 0.4) is 0 Å². The largest absolute Gasteiger partial charge is 0.460 e. The number of rotatable bonds is 8. The molecule has 0 bridgehead atoms. The lowest BCUT2D eigenvalue weighted by Crippen LogP contribution is -2.42. The Morgan fingerprint density at radius 1 is 1.06 bits per heavy atom. The molecule has 4 rings (SSSR count). The molecule has 1 aromatic carbocycles. The van der Waals surface area contributed by atoms with E-state index < -0.39 is 11.8 Å². The summed E-state index contributed by atoms with van der Waals surface area (Å²) in [6.07, 6.45) is 5.29. The number of hydrogen-bond acceptors (Lipinski definition) is 7. The number of ether oxygens (including phenoxy) is 2. The topological polar surface area (TPSA) is 125 Å². The zero-order valence-corrected chi connectivity index (χ0v) is 19.7. The first kappa shape index (κ1) is 24.7. The van der Waals surface area contributed by atoms with Crippen molar-refractivity contribution in [1.82, 2.24) is 4.98 Å². The predicted molar refractivity (Wildman–Crippen MR) is 131 cm³/mol. The number of H-pyrrole nitrogens is 1. The van der Waals surface area contributed by atoms with E-state index in [2.05, 4.69) is 9.88 Å². The molecular weight excluding hydrogens is 453 g/mol. The molecule has 0 amide bonds. The van der Waals surface area contributed by atoms with E-state index in [4.69, 9.17) is 20.6 Å². The van der Waals surface area contributed by atoms with E-state index >= 15 is 4.39 Å². The highest BCUT2D eigenvalue weighted by Gasteiger charge is 2.27. The smallest absolute Gasteiger partial charge is 0.313 e. The molecule has 2 aromatic rings. The van der Waals surface area contributed by atoms with Crippen molar-refractivity contribution in [3.05, 3.63) is 58.3 Å². The van der Waals surface area contributed by atoms with Crippen LogP contribution in [-0.4, -0.2) is 55.2 Å². The van der Waals surface area contributed by atoms with Crippen LogP contribution in [-0.2, 0) is 20.9 Å². The molecule has 2 aliphatic heterocycles. The number of nitrogens with one attached hydrogen (secondary N) is 2. The second kappa shape index (κ2) is 11.4. The van der Waals surface area contributed by atoms with Crippen LogP contribution in [0.2, 0.25) is 0 Å². The van der Waals surface area contributed by atoms with Crippen molar-refractivity contribution in [2.45, 2.75) is 50.9 Å². The van der Waals surface area contributed by atoms with Gasteiger partial charge in [-0.15, -0.1) is 0 Å². The molecule has 4 N–H and O–H groups in total. The molecule has 0 radical (unpaired) electrons. The van der Waals surface area contributed by atoms with Crippen molar-refractivity contribution in [2.75, 3.05) is 36.0 Å². The maximum Gasteiger partial charge on any atom is 0.313 e. The average molecular weight is 486 g/mol. The van der Waals surface area contributed by atoms with E-state index in [1.165, 1.54) is 0 Å². The Labute approximate surface area is 203 Å². The normalized spacial score (nSPS) is 17.4. The average Bonchev–Trinajstić information content (AvgIpc) is 2.85. The Morgan fingerprint density at radius 3 is 2.31 bits per heavy atom. The van der Waals surface area contributed by atoms with Crippen molar-refractivity contribution < 1.29 is 18.7 Å². The molecule has 9 nitrogen and oxygen atoms in total. The lowest BCUT2D eigenvalue weighted by Gasteiger charge is -2.38. The first-order valence-electron chi connectivity index (χ1n) is 12.0. The van der Waals surface area contributed by atoms with Gasteiger partial charge in [-0.2, -0.15) is 0 Å². The Morgan fingerprint density at radius 2 is 1.71 bits per heavy atom. The Balaban J connectivity index is 1.24. The molecule has 1 aromatic heterocycles. The summed E-state index contributed by atoms with van der Waals surface area (Å²) in [5.74, 6) is -1.32. The maximum absolute atomic E-state index is 15.1. The molecule has 2 aliphatic rings. The zero-order valence-electron chi connectivity index (χ0n) is 19.7. The number of anilines is 2. The number of aromatic amines is 1. The predicted octanol–water partition coefficient (Wildman–Crippen LogP) is 2.54. The van der Waals surface area contributed by atoms with Gasteiger partial charge in [-0.1, -0.05) is 12.1 Å². The highest BCUT2D eigenvalue weighted by Crippen LogP contribution is 2.28. The van der Waals surface area contributed by atoms with Crippen molar-refractivity contribution >= 4 is 23.2 Å². The lowest BCUT2D eigenvalue weighted by molar-refractivity contribution is -0.143. The second-order valence-corrected chi connectivity index (χ2v) is 9.03. The minimum absolute atomic E-state index is 0.0991. The number of esters is 1. The van der Waals surface area contributed by atoms with Gasteiger partial charge in [-0.05, 0) is 37.8 Å². The number of carbonyl (C=O) groups is 1. The van der Waals surface area contributed by atoms with Crippen molar-refractivity contribution in [1.29, 1.82) is 5.41 Å². The van der Waals surface area contributed by atoms with Gasteiger partial charge in [-0.3, -0.25) is 15.0 Å². The van der Waals surface area contributed by atoms with E-state index in [0.717, 1.165) is 44.5 Å². The molecule has 10 heteroatoms. The van der Waals surface area contributed by atoms with E-state index in [1.54, 1.807) is 30.5 Å². The fraction of sp³-hybridized carbons (Fsp3) is 0.480. The lowest BCUT2D eigenvalue weighted by atomic mass is 10.0. The number of aromatic nitrogens is 1. The number of amidine groups is 1. The van der Waals surface area contributed by atoms with Gasteiger partial charge in [0.25, 0.3) is 0 Å². The standard InChI is InChI=1S/C25H32FN5O4/c26-25-17(16-34-24(33)14-22(27)28)2-1-3-21(25)31-12-8-20(9-13-31)35-19-6-10-30(11-7-19)18-4-5-23(32)29-15-18/h1-5,15,19-20H,6-14,16H2,(H3,27,28)(H,29,32). The third-order valence-corrected chi connectivity index (χ3v) is 6.52. The van der Waals surface area contributed by atoms with Crippen LogP contribution in [0, 0.1) is 11.2 Å². The minimum atomic E-state index is -0.648. The number of piperidine rings is 2. The molecule has 3 heterocycles.